The lowest BCUT2D eigenvalue weighted by atomic mass is 10.1. The van der Waals surface area contributed by atoms with Crippen LogP contribution in [0.5, 0.6) is 0 Å². The molecule has 2 aromatic rings. The van der Waals surface area contributed by atoms with Crippen molar-refractivity contribution in [2.75, 3.05) is 37.1 Å². The first-order valence-corrected chi connectivity index (χ1v) is 10.5. The van der Waals surface area contributed by atoms with E-state index in [1.54, 1.807) is 27.0 Å². The van der Waals surface area contributed by atoms with Crippen LogP contribution in [0.4, 0.5) is 24.9 Å². The molecule has 1 aliphatic heterocycles. The average molecular weight is 468 g/mol. The van der Waals surface area contributed by atoms with Gasteiger partial charge >= 0.3 is 6.18 Å². The lowest BCUT2D eigenvalue weighted by Gasteiger charge is -2.38. The van der Waals surface area contributed by atoms with Crippen molar-refractivity contribution >= 4 is 17.5 Å². The number of aromatic nitrogens is 3. The maximum Gasteiger partial charge on any atom is 0.408 e. The van der Waals surface area contributed by atoms with Crippen molar-refractivity contribution < 1.29 is 22.7 Å². The van der Waals surface area contributed by atoms with Crippen molar-refractivity contribution in [2.24, 2.45) is 0 Å². The van der Waals surface area contributed by atoms with Gasteiger partial charge in [-0.1, -0.05) is 0 Å². The molecule has 2 aromatic heterocycles. The van der Waals surface area contributed by atoms with Crippen LogP contribution >= 0.6 is 0 Å². The van der Waals surface area contributed by atoms with E-state index in [1.807, 2.05) is 0 Å². The molecule has 0 radical (unpaired) electrons. The van der Waals surface area contributed by atoms with E-state index in [2.05, 4.69) is 20.6 Å². The fraction of sp³-hybridized carbons (Fsp3) is 0.524. The van der Waals surface area contributed by atoms with Gasteiger partial charge in [0.2, 0.25) is 5.95 Å². The number of alkyl halides is 3. The minimum Gasteiger partial charge on any atom is -0.367 e. The van der Waals surface area contributed by atoms with E-state index in [9.17, 15) is 22.8 Å². The zero-order valence-electron chi connectivity index (χ0n) is 18.6. The Hall–Kier alpha value is -2.99. The Labute approximate surface area is 189 Å². The summed E-state index contributed by atoms with van der Waals surface area (Å²) < 4.78 is 48.2. The molecular formula is C21H27F3N6O3. The van der Waals surface area contributed by atoms with Crippen LogP contribution in [-0.2, 0) is 11.3 Å². The minimum atomic E-state index is -4.60. The van der Waals surface area contributed by atoms with Gasteiger partial charge in [0.25, 0.3) is 5.56 Å². The summed E-state index contributed by atoms with van der Waals surface area (Å²) in [6.45, 7) is 3.41. The molecule has 0 saturated heterocycles. The molecular weight excluding hydrogens is 441 g/mol. The zero-order valence-corrected chi connectivity index (χ0v) is 18.6. The van der Waals surface area contributed by atoms with Gasteiger partial charge in [-0.2, -0.15) is 18.2 Å². The molecule has 0 aliphatic carbocycles. The number of halogens is 3. The molecule has 0 spiro atoms. The van der Waals surface area contributed by atoms with E-state index in [-0.39, 0.29) is 42.9 Å². The number of carbonyl (C=O) groups excluding carboxylic acids is 1. The largest absolute Gasteiger partial charge is 0.408 e. The molecule has 0 aromatic carbocycles. The third-order valence-corrected chi connectivity index (χ3v) is 5.26. The maximum atomic E-state index is 13.8. The second-order valence-electron chi connectivity index (χ2n) is 7.87. The summed E-state index contributed by atoms with van der Waals surface area (Å²) in [7, 11) is 1.73. The lowest BCUT2D eigenvalue weighted by Crippen LogP contribution is -2.54. The molecule has 1 aliphatic rings. The number of ketones is 1. The Morgan fingerprint density at radius 2 is 2.12 bits per heavy atom. The molecule has 0 fully saturated rings. The predicted octanol–water partition coefficient (Wildman–Crippen LogP) is 1.96. The predicted molar refractivity (Wildman–Crippen MR) is 117 cm³/mol. The van der Waals surface area contributed by atoms with E-state index in [1.165, 1.54) is 18.3 Å². The number of hydrogen-bond acceptors (Lipinski definition) is 8. The van der Waals surface area contributed by atoms with Crippen molar-refractivity contribution in [2.45, 2.75) is 45.1 Å². The number of rotatable bonds is 9. The van der Waals surface area contributed by atoms with E-state index in [0.717, 1.165) is 9.47 Å². The van der Waals surface area contributed by atoms with Gasteiger partial charge in [0.15, 0.2) is 5.78 Å². The number of nitrogens with one attached hydrogen (secondary N) is 2. The molecule has 2 N–H and O–H groups in total. The molecule has 2 atom stereocenters. The quantitative estimate of drug-likeness (QED) is 0.426. The second kappa shape index (κ2) is 10.3. The summed E-state index contributed by atoms with van der Waals surface area (Å²) in [5.74, 6) is -0.633. The van der Waals surface area contributed by atoms with Gasteiger partial charge in [0.05, 0.1) is 19.4 Å². The van der Waals surface area contributed by atoms with E-state index in [4.69, 9.17) is 4.74 Å². The van der Waals surface area contributed by atoms with Crippen LogP contribution in [0.3, 0.4) is 0 Å². The Bertz CT molecular complexity index is 1030. The summed E-state index contributed by atoms with van der Waals surface area (Å²) in [6, 6.07) is 2.41. The number of fused-ring (bicyclic) bond motifs is 1. The number of anilines is 2. The normalized spacial score (nSPS) is 16.9. The van der Waals surface area contributed by atoms with Crippen LogP contribution in [0.25, 0.3) is 0 Å². The second-order valence-corrected chi connectivity index (χ2v) is 7.87. The number of aryl methyl sites for hydroxylation is 1. The molecule has 3 heterocycles. The Kier molecular flexibility index (Phi) is 7.69. The fourth-order valence-corrected chi connectivity index (χ4v) is 3.49. The smallest absolute Gasteiger partial charge is 0.367 e. The summed E-state index contributed by atoms with van der Waals surface area (Å²) in [4.78, 5) is 34.6. The summed E-state index contributed by atoms with van der Waals surface area (Å²) in [5.41, 5.74) is 0.368. The fourth-order valence-electron chi connectivity index (χ4n) is 3.49. The molecule has 0 amide bonds. The van der Waals surface area contributed by atoms with E-state index in [0.29, 0.717) is 12.4 Å². The highest BCUT2D eigenvalue weighted by Gasteiger charge is 2.47. The summed E-state index contributed by atoms with van der Waals surface area (Å²) >= 11 is 0. The number of Topliss-reactive ketones (excluding diaryl/α,β-unsaturated/α-hetero) is 1. The number of pyridine rings is 1. The van der Waals surface area contributed by atoms with Crippen LogP contribution in [0.15, 0.2) is 29.2 Å². The number of nitrogens with zero attached hydrogens (tertiary/aromatic N) is 4. The summed E-state index contributed by atoms with van der Waals surface area (Å²) in [6.07, 6.45) is -3.88. The molecule has 3 rings (SSSR count). The van der Waals surface area contributed by atoms with E-state index >= 15 is 0 Å². The molecule has 9 nitrogen and oxygen atoms in total. The minimum absolute atomic E-state index is 0.114. The van der Waals surface area contributed by atoms with Crippen LogP contribution < -0.4 is 21.1 Å². The highest BCUT2D eigenvalue weighted by molar-refractivity contribution is 5.99. The van der Waals surface area contributed by atoms with E-state index < -0.39 is 30.1 Å². The zero-order chi connectivity index (χ0) is 24.2. The molecule has 12 heteroatoms. The van der Waals surface area contributed by atoms with Gasteiger partial charge in [0, 0.05) is 36.6 Å². The Morgan fingerprint density at radius 1 is 1.36 bits per heavy atom. The van der Waals surface area contributed by atoms with Gasteiger partial charge in [-0.05, 0) is 39.4 Å². The third-order valence-electron chi connectivity index (χ3n) is 5.26. The number of hydrogen-bond donors (Lipinski definition) is 2. The van der Waals surface area contributed by atoms with Crippen molar-refractivity contribution in [1.29, 1.82) is 0 Å². The van der Waals surface area contributed by atoms with Crippen molar-refractivity contribution in [3.05, 3.63) is 46.0 Å². The highest BCUT2D eigenvalue weighted by Crippen LogP contribution is 2.34. The SMILES string of the molecule is CNCO[C@@H](C)CNc1cc(=O)n2c(n1)N(CC(=O)c1ccc(C)nc1)C(C(F)(F)F)CC2. The lowest BCUT2D eigenvalue weighted by molar-refractivity contribution is -0.152. The standard InChI is InChI=1S/C21H27F3N6O3/c1-13-4-5-15(10-26-13)16(31)11-30-17(21(22,23)24)6-7-29-19(32)8-18(28-20(29)30)27-9-14(2)33-12-25-3/h4-5,8,10,14,17,25,27H,6-7,9,11-12H2,1-3H3/t14-,17?/m0/s1. The topological polar surface area (TPSA) is 101 Å². The van der Waals surface area contributed by atoms with Crippen molar-refractivity contribution in [3.63, 3.8) is 0 Å². The molecule has 0 saturated carbocycles. The van der Waals surface area contributed by atoms with Gasteiger partial charge in [-0.3, -0.25) is 24.5 Å². The first-order chi connectivity index (χ1) is 15.6. The van der Waals surface area contributed by atoms with Crippen LogP contribution in [0, 0.1) is 6.92 Å². The third kappa shape index (κ3) is 6.08. The van der Waals surface area contributed by atoms with Gasteiger partial charge in [-0.15, -0.1) is 0 Å². The Morgan fingerprint density at radius 3 is 2.76 bits per heavy atom. The molecule has 1 unspecified atom stereocenters. The van der Waals surface area contributed by atoms with Gasteiger partial charge < -0.3 is 15.0 Å². The molecule has 33 heavy (non-hydrogen) atoms. The first-order valence-electron chi connectivity index (χ1n) is 10.5. The number of carbonyl (C=O) groups is 1. The average Bonchev–Trinajstić information content (AvgIpc) is 2.76. The Balaban J connectivity index is 1.91. The van der Waals surface area contributed by atoms with Crippen LogP contribution in [0.2, 0.25) is 0 Å². The highest BCUT2D eigenvalue weighted by atomic mass is 19.4. The maximum absolute atomic E-state index is 13.8. The molecule has 180 valence electrons. The molecule has 0 bridgehead atoms. The van der Waals surface area contributed by atoms with Crippen molar-refractivity contribution in [1.82, 2.24) is 19.9 Å². The first kappa shape index (κ1) is 24.6. The monoisotopic (exact) mass is 468 g/mol. The van der Waals surface area contributed by atoms with Crippen molar-refractivity contribution in [3.8, 4) is 0 Å². The summed E-state index contributed by atoms with van der Waals surface area (Å²) in [5, 5.41) is 5.77. The van der Waals surface area contributed by atoms with Gasteiger partial charge in [-0.25, -0.2) is 0 Å². The van der Waals surface area contributed by atoms with Gasteiger partial charge in [0.1, 0.15) is 11.9 Å². The van der Waals surface area contributed by atoms with Crippen LogP contribution in [0.1, 0.15) is 29.4 Å². The number of ether oxygens (including phenoxy) is 1. The van der Waals surface area contributed by atoms with Crippen LogP contribution in [-0.4, -0.2) is 65.5 Å².